The number of imidazole rings is 1. The number of aromatic hydroxyl groups is 1. The summed E-state index contributed by atoms with van der Waals surface area (Å²) in [5.41, 5.74) is 4.56. The van der Waals surface area contributed by atoms with Crippen LogP contribution in [0.15, 0.2) is 59.7 Å². The molecule has 22 heavy (non-hydrogen) atoms. The summed E-state index contributed by atoms with van der Waals surface area (Å²) in [5.74, 6) is 1.12. The van der Waals surface area contributed by atoms with E-state index in [2.05, 4.69) is 37.4 Å². The molecule has 0 aliphatic heterocycles. The number of hydrogen-bond donors (Lipinski definition) is 2. The van der Waals surface area contributed by atoms with Crippen molar-refractivity contribution >= 4 is 17.1 Å². The van der Waals surface area contributed by atoms with Crippen LogP contribution in [0, 0.1) is 0 Å². The molecule has 0 aliphatic rings. The van der Waals surface area contributed by atoms with E-state index in [1.165, 1.54) is 5.56 Å². The van der Waals surface area contributed by atoms with Gasteiger partial charge in [-0.2, -0.15) is 11.3 Å². The number of aromatic amines is 1. The van der Waals surface area contributed by atoms with E-state index in [1.807, 2.05) is 24.5 Å². The number of rotatable bonds is 3. The molecule has 1 aromatic carbocycles. The largest absolute Gasteiger partial charge is 0.508 e. The fraction of sp³-hybridized carbons (Fsp3) is 0.0588. The molecule has 0 saturated heterocycles. The Kier molecular flexibility index (Phi) is 3.12. The first-order chi connectivity index (χ1) is 10.8. The predicted octanol–water partition coefficient (Wildman–Crippen LogP) is 3.17. The second kappa shape index (κ2) is 5.27. The molecular weight excluding hydrogens is 294 g/mol. The summed E-state index contributed by atoms with van der Waals surface area (Å²) < 4.78 is 2.08. The van der Waals surface area contributed by atoms with Crippen LogP contribution >= 0.6 is 11.3 Å². The van der Waals surface area contributed by atoms with Crippen LogP contribution in [0.1, 0.15) is 11.3 Å². The van der Waals surface area contributed by atoms with Crippen molar-refractivity contribution < 1.29 is 9.51 Å². The number of H-pyrrole nitrogens is 1. The van der Waals surface area contributed by atoms with Gasteiger partial charge in [-0.1, -0.05) is 17.1 Å². The average molecular weight is 308 g/mol. The fourth-order valence-corrected chi connectivity index (χ4v) is 3.17. The van der Waals surface area contributed by atoms with Crippen molar-refractivity contribution in [1.29, 1.82) is 0 Å². The topological polar surface area (TPSA) is 53.0 Å². The van der Waals surface area contributed by atoms with E-state index in [9.17, 15) is 5.11 Å². The number of hydrogen-bond acceptors (Lipinski definition) is 3. The molecule has 3 aromatic heterocycles. The number of nitrogens with zero attached hydrogens (tertiary/aromatic N) is 2. The van der Waals surface area contributed by atoms with Crippen LogP contribution in [0.25, 0.3) is 16.9 Å². The Morgan fingerprint density at radius 2 is 2.00 bits per heavy atom. The van der Waals surface area contributed by atoms with Gasteiger partial charge in [0.2, 0.25) is 0 Å². The number of phenols is 1. The van der Waals surface area contributed by atoms with Gasteiger partial charge in [-0.05, 0) is 40.1 Å². The van der Waals surface area contributed by atoms with Gasteiger partial charge >= 0.3 is 5.78 Å². The highest BCUT2D eigenvalue weighted by Crippen LogP contribution is 2.20. The van der Waals surface area contributed by atoms with Crippen LogP contribution in [-0.4, -0.2) is 15.1 Å². The van der Waals surface area contributed by atoms with Gasteiger partial charge in [0.1, 0.15) is 17.6 Å². The third kappa shape index (κ3) is 2.35. The zero-order valence-corrected chi connectivity index (χ0v) is 12.5. The first-order valence-electron chi connectivity index (χ1n) is 6.98. The van der Waals surface area contributed by atoms with Crippen LogP contribution in [-0.2, 0) is 6.42 Å². The summed E-state index contributed by atoms with van der Waals surface area (Å²) in [6.45, 7) is 0. The molecule has 0 fully saturated rings. The lowest BCUT2D eigenvalue weighted by Crippen LogP contribution is -2.25. The van der Waals surface area contributed by atoms with Crippen molar-refractivity contribution in [2.24, 2.45) is 0 Å². The fourth-order valence-electron chi connectivity index (χ4n) is 2.51. The number of thiophene rings is 1. The van der Waals surface area contributed by atoms with Crippen molar-refractivity contribution in [1.82, 2.24) is 9.97 Å². The lowest BCUT2D eigenvalue weighted by Gasteiger charge is -2.00. The number of aromatic nitrogens is 3. The molecule has 0 saturated carbocycles. The first kappa shape index (κ1) is 13.0. The molecule has 3 heterocycles. The normalized spacial score (nSPS) is 11.1. The maximum Gasteiger partial charge on any atom is 0.400 e. The molecule has 0 radical (unpaired) electrons. The van der Waals surface area contributed by atoms with Crippen LogP contribution in [0.4, 0.5) is 0 Å². The van der Waals surface area contributed by atoms with E-state index in [0.717, 1.165) is 29.0 Å². The Balaban J connectivity index is 1.74. The maximum absolute atomic E-state index is 9.38. The number of fused-ring (bicyclic) bond motifs is 1. The summed E-state index contributed by atoms with van der Waals surface area (Å²) in [6.07, 6.45) is 6.75. The minimum Gasteiger partial charge on any atom is -0.508 e. The molecule has 2 N–H and O–H groups in total. The first-order valence-corrected chi connectivity index (χ1v) is 7.92. The van der Waals surface area contributed by atoms with E-state index in [4.69, 9.17) is 0 Å². The van der Waals surface area contributed by atoms with Crippen molar-refractivity contribution in [2.75, 3.05) is 0 Å². The van der Waals surface area contributed by atoms with Gasteiger partial charge in [-0.3, -0.25) is 0 Å². The van der Waals surface area contributed by atoms with Crippen molar-refractivity contribution in [3.05, 3.63) is 70.9 Å². The molecule has 5 heteroatoms. The Labute approximate surface area is 131 Å². The second-order valence-corrected chi connectivity index (χ2v) is 5.95. The van der Waals surface area contributed by atoms with E-state index >= 15 is 0 Å². The van der Waals surface area contributed by atoms with Gasteiger partial charge in [0.05, 0.1) is 12.4 Å². The van der Waals surface area contributed by atoms with Gasteiger partial charge in [0, 0.05) is 12.0 Å². The Hall–Kier alpha value is -2.66. The van der Waals surface area contributed by atoms with Crippen molar-refractivity contribution in [2.45, 2.75) is 6.42 Å². The van der Waals surface area contributed by atoms with E-state index in [-0.39, 0.29) is 5.75 Å². The standard InChI is InChI=1S/C17H13N3OS/c21-16-3-1-12(2-4-16)7-15-9-19-17-18-8-14(10-20(15)17)13-5-6-22-11-13/h1-6,8-11,21H,7H2/p+1. The van der Waals surface area contributed by atoms with Crippen LogP contribution in [0.2, 0.25) is 0 Å². The summed E-state index contributed by atoms with van der Waals surface area (Å²) in [7, 11) is 0. The number of phenolic OH excluding ortho intramolecular Hbond substituents is 1. The van der Waals surface area contributed by atoms with Gasteiger partial charge in [0.15, 0.2) is 0 Å². The van der Waals surface area contributed by atoms with Crippen molar-refractivity contribution in [3.63, 3.8) is 0 Å². The Morgan fingerprint density at radius 1 is 1.14 bits per heavy atom. The minimum absolute atomic E-state index is 0.289. The maximum atomic E-state index is 9.38. The van der Waals surface area contributed by atoms with Gasteiger partial charge in [-0.25, -0.2) is 9.38 Å². The second-order valence-electron chi connectivity index (χ2n) is 5.17. The smallest absolute Gasteiger partial charge is 0.400 e. The van der Waals surface area contributed by atoms with E-state index < -0.39 is 0 Å². The van der Waals surface area contributed by atoms with Crippen LogP contribution in [0.3, 0.4) is 0 Å². The molecule has 0 aliphatic carbocycles. The van der Waals surface area contributed by atoms with Crippen LogP contribution in [0.5, 0.6) is 5.75 Å². The summed E-state index contributed by atoms with van der Waals surface area (Å²) >= 11 is 1.68. The molecule has 108 valence electrons. The summed E-state index contributed by atoms with van der Waals surface area (Å²) in [4.78, 5) is 7.68. The highest BCUT2D eigenvalue weighted by atomic mass is 32.1. The quantitative estimate of drug-likeness (QED) is 0.571. The lowest BCUT2D eigenvalue weighted by molar-refractivity contribution is -0.521. The Bertz CT molecular complexity index is 911. The molecule has 4 aromatic rings. The molecule has 0 spiro atoms. The van der Waals surface area contributed by atoms with E-state index in [1.54, 1.807) is 23.5 Å². The summed E-state index contributed by atoms with van der Waals surface area (Å²) in [5, 5.41) is 13.6. The van der Waals surface area contributed by atoms with Crippen molar-refractivity contribution in [3.8, 4) is 16.9 Å². The highest BCUT2D eigenvalue weighted by molar-refractivity contribution is 7.08. The summed E-state index contributed by atoms with van der Waals surface area (Å²) in [6, 6.07) is 9.39. The van der Waals surface area contributed by atoms with Gasteiger partial charge in [0.25, 0.3) is 0 Å². The number of benzene rings is 1. The molecule has 0 atom stereocenters. The van der Waals surface area contributed by atoms with Gasteiger partial charge in [-0.15, -0.1) is 0 Å². The molecule has 4 rings (SSSR count). The third-order valence-corrected chi connectivity index (χ3v) is 4.36. The van der Waals surface area contributed by atoms with Gasteiger partial charge < -0.3 is 5.11 Å². The monoisotopic (exact) mass is 308 g/mol. The molecule has 0 amide bonds. The zero-order chi connectivity index (χ0) is 14.9. The highest BCUT2D eigenvalue weighted by Gasteiger charge is 2.13. The van der Waals surface area contributed by atoms with E-state index in [0.29, 0.717) is 0 Å². The SMILES string of the molecule is Oc1ccc(Cc2c[nH]c3ncc(-c4ccsc4)c[n+]23)cc1. The lowest BCUT2D eigenvalue weighted by atomic mass is 10.1. The van der Waals surface area contributed by atoms with Crippen LogP contribution < -0.4 is 4.40 Å². The average Bonchev–Trinajstić information content (AvgIpc) is 3.19. The molecule has 0 bridgehead atoms. The molecular formula is C17H14N3OS+. The molecule has 4 nitrogen and oxygen atoms in total. The Morgan fingerprint density at radius 3 is 2.77 bits per heavy atom. The third-order valence-electron chi connectivity index (χ3n) is 3.68. The zero-order valence-electron chi connectivity index (χ0n) is 11.7. The predicted molar refractivity (Wildman–Crippen MR) is 86.0 cm³/mol. The molecule has 0 unspecified atom stereocenters. The minimum atomic E-state index is 0.289. The number of nitrogens with one attached hydrogen (secondary N) is 1.